The molecule has 0 amide bonds. The summed E-state index contributed by atoms with van der Waals surface area (Å²) in [4.78, 5) is 38.2. The number of carbonyl (C=O) groups excluding carboxylic acids is 3. The van der Waals surface area contributed by atoms with Crippen molar-refractivity contribution in [1.82, 2.24) is 0 Å². The average molecular weight is 960 g/mol. The molecule has 0 aliphatic heterocycles. The zero-order valence-corrected chi connectivity index (χ0v) is 45.0. The Morgan fingerprint density at radius 1 is 0.304 bits per heavy atom. The Bertz CT molecular complexity index is 1380. The highest BCUT2D eigenvalue weighted by atomic mass is 16.6. The van der Waals surface area contributed by atoms with Gasteiger partial charge in [-0.2, -0.15) is 0 Å². The Morgan fingerprint density at radius 3 is 0.899 bits per heavy atom. The Balaban J connectivity index is 4.48. The normalized spacial score (nSPS) is 12.8. The van der Waals surface area contributed by atoms with Gasteiger partial charge in [-0.05, 0) is 89.9 Å². The predicted octanol–water partition coefficient (Wildman–Crippen LogP) is 19.3. The lowest BCUT2D eigenvalue weighted by Crippen LogP contribution is -2.30. The van der Waals surface area contributed by atoms with Gasteiger partial charge in [-0.25, -0.2) is 0 Å². The number of unbranched alkanes of at least 4 members (excludes halogenated alkanes) is 29. The van der Waals surface area contributed by atoms with E-state index in [1.54, 1.807) is 0 Å². The zero-order chi connectivity index (χ0) is 50.0. The minimum Gasteiger partial charge on any atom is -0.462 e. The van der Waals surface area contributed by atoms with Crippen molar-refractivity contribution in [3.8, 4) is 0 Å². The highest BCUT2D eigenvalue weighted by Gasteiger charge is 2.19. The van der Waals surface area contributed by atoms with Crippen molar-refractivity contribution in [2.45, 2.75) is 271 Å². The molecule has 6 nitrogen and oxygen atoms in total. The molecule has 0 N–H and O–H groups in total. The fourth-order valence-electron chi connectivity index (χ4n) is 7.85. The molecule has 0 aliphatic carbocycles. The van der Waals surface area contributed by atoms with Crippen LogP contribution in [-0.2, 0) is 28.6 Å². The van der Waals surface area contributed by atoms with Crippen molar-refractivity contribution in [3.63, 3.8) is 0 Å². The van der Waals surface area contributed by atoms with Gasteiger partial charge in [0, 0.05) is 19.3 Å². The highest BCUT2D eigenvalue weighted by molar-refractivity contribution is 5.71. The quantitative estimate of drug-likeness (QED) is 0.0262. The lowest BCUT2D eigenvalue weighted by Gasteiger charge is -2.18. The van der Waals surface area contributed by atoms with Crippen LogP contribution in [0.2, 0.25) is 0 Å². The SMILES string of the molecule is CC\C=C/C=C\C=C/C=C\CCCCCCCC(=O)OCC(COC(=O)CCCCCCC/C=C\C=C/CCCCCCCCC)OC(=O)CCCCCCC/C=C\C=C/CCCCCCCCC. The minimum absolute atomic E-state index is 0.100. The van der Waals surface area contributed by atoms with Crippen LogP contribution in [0.3, 0.4) is 0 Å². The van der Waals surface area contributed by atoms with Gasteiger partial charge in [-0.3, -0.25) is 14.4 Å². The van der Waals surface area contributed by atoms with Crippen LogP contribution in [0.5, 0.6) is 0 Å². The van der Waals surface area contributed by atoms with E-state index in [0.717, 1.165) is 122 Å². The van der Waals surface area contributed by atoms with Gasteiger partial charge in [-0.15, -0.1) is 0 Å². The molecule has 0 fully saturated rings. The van der Waals surface area contributed by atoms with Crippen LogP contribution in [0.4, 0.5) is 0 Å². The average Bonchev–Trinajstić information content (AvgIpc) is 3.35. The molecule has 0 radical (unpaired) electrons. The van der Waals surface area contributed by atoms with E-state index in [0.29, 0.717) is 19.3 Å². The molecule has 0 spiro atoms. The van der Waals surface area contributed by atoms with Crippen molar-refractivity contribution in [1.29, 1.82) is 0 Å². The molecule has 0 rings (SSSR count). The van der Waals surface area contributed by atoms with Crippen LogP contribution in [0.15, 0.2) is 97.2 Å². The third-order valence-corrected chi connectivity index (χ3v) is 12.2. The number of hydrogen-bond donors (Lipinski definition) is 0. The number of rotatable bonds is 51. The van der Waals surface area contributed by atoms with E-state index in [9.17, 15) is 14.4 Å². The van der Waals surface area contributed by atoms with E-state index < -0.39 is 6.10 Å². The lowest BCUT2D eigenvalue weighted by molar-refractivity contribution is -0.167. The van der Waals surface area contributed by atoms with Gasteiger partial charge in [0.2, 0.25) is 0 Å². The summed E-state index contributed by atoms with van der Waals surface area (Å²) < 4.78 is 16.8. The van der Waals surface area contributed by atoms with E-state index in [1.165, 1.54) is 103 Å². The Morgan fingerprint density at radius 2 is 0.565 bits per heavy atom. The van der Waals surface area contributed by atoms with E-state index >= 15 is 0 Å². The Kier molecular flexibility index (Phi) is 53.9. The molecule has 0 bridgehead atoms. The lowest BCUT2D eigenvalue weighted by atomic mass is 10.1. The molecule has 394 valence electrons. The van der Waals surface area contributed by atoms with Gasteiger partial charge in [-0.1, -0.05) is 253 Å². The van der Waals surface area contributed by atoms with Gasteiger partial charge in [0.25, 0.3) is 0 Å². The third kappa shape index (κ3) is 55.1. The van der Waals surface area contributed by atoms with E-state index in [2.05, 4.69) is 99.8 Å². The molecule has 6 heteroatoms. The maximum atomic E-state index is 12.9. The third-order valence-electron chi connectivity index (χ3n) is 12.2. The maximum Gasteiger partial charge on any atom is 0.306 e. The summed E-state index contributed by atoms with van der Waals surface area (Å²) in [6.07, 6.45) is 75.3. The van der Waals surface area contributed by atoms with Gasteiger partial charge < -0.3 is 14.2 Å². The molecule has 0 saturated carbocycles. The second kappa shape index (κ2) is 56.9. The van der Waals surface area contributed by atoms with Crippen LogP contribution in [0, 0.1) is 0 Å². The summed E-state index contributed by atoms with van der Waals surface area (Å²) in [6.45, 7) is 6.45. The van der Waals surface area contributed by atoms with Crippen molar-refractivity contribution < 1.29 is 28.6 Å². The topological polar surface area (TPSA) is 78.9 Å². The van der Waals surface area contributed by atoms with Crippen LogP contribution in [-0.4, -0.2) is 37.2 Å². The number of ether oxygens (including phenoxy) is 3. The first kappa shape index (κ1) is 65.3. The van der Waals surface area contributed by atoms with Gasteiger partial charge >= 0.3 is 17.9 Å². The monoisotopic (exact) mass is 959 g/mol. The molecule has 0 heterocycles. The number of carbonyl (C=O) groups is 3. The fourth-order valence-corrected chi connectivity index (χ4v) is 7.85. The van der Waals surface area contributed by atoms with Gasteiger partial charge in [0.1, 0.15) is 13.2 Å². The molecule has 69 heavy (non-hydrogen) atoms. The summed E-state index contributed by atoms with van der Waals surface area (Å²) >= 11 is 0. The smallest absolute Gasteiger partial charge is 0.306 e. The Labute approximate surface area is 426 Å². The molecular weight excluding hydrogens is 853 g/mol. The van der Waals surface area contributed by atoms with Crippen molar-refractivity contribution in [3.05, 3.63) is 97.2 Å². The van der Waals surface area contributed by atoms with E-state index in [-0.39, 0.29) is 31.1 Å². The van der Waals surface area contributed by atoms with Crippen LogP contribution in [0.1, 0.15) is 265 Å². The largest absolute Gasteiger partial charge is 0.462 e. The summed E-state index contributed by atoms with van der Waals surface area (Å²) in [5.41, 5.74) is 0. The molecular formula is C63H106O6. The fraction of sp³-hybridized carbons (Fsp3) is 0.698. The predicted molar refractivity (Wildman–Crippen MR) is 297 cm³/mol. The Hall–Kier alpha value is -3.67. The molecule has 0 aliphatic rings. The number of esters is 3. The van der Waals surface area contributed by atoms with Gasteiger partial charge in [0.15, 0.2) is 6.10 Å². The summed E-state index contributed by atoms with van der Waals surface area (Å²) in [6, 6.07) is 0. The minimum atomic E-state index is -0.804. The second-order valence-corrected chi connectivity index (χ2v) is 19.0. The first-order chi connectivity index (χ1) is 34.0. The van der Waals surface area contributed by atoms with Crippen molar-refractivity contribution in [2.75, 3.05) is 13.2 Å². The van der Waals surface area contributed by atoms with Crippen molar-refractivity contribution in [2.24, 2.45) is 0 Å². The molecule has 0 aromatic rings. The second-order valence-electron chi connectivity index (χ2n) is 19.0. The van der Waals surface area contributed by atoms with Crippen LogP contribution in [0.25, 0.3) is 0 Å². The van der Waals surface area contributed by atoms with Crippen LogP contribution >= 0.6 is 0 Å². The zero-order valence-electron chi connectivity index (χ0n) is 45.0. The molecule has 1 atom stereocenters. The van der Waals surface area contributed by atoms with Gasteiger partial charge in [0.05, 0.1) is 0 Å². The summed E-state index contributed by atoms with van der Waals surface area (Å²) in [7, 11) is 0. The standard InChI is InChI=1S/C63H106O6/c1-4-7-10-13-16-19-22-25-28-30-32-35-38-41-44-47-50-53-56-62(65)68-59-60(58-67-61(64)55-52-49-46-43-40-37-34-27-24-21-18-15-12-9-6-3)69-63(66)57-54-51-48-45-42-39-36-33-31-29-26-23-20-17-14-11-8-5-2/h9,12,15,18,21,24,27-36,60H,4-8,10-11,13-14,16-17,19-20,22-23,25-26,37-59H2,1-3H3/b12-9-,18-15-,24-21-,30-28-,31-29-,34-27-,35-32-,36-33-. The van der Waals surface area contributed by atoms with E-state index in [4.69, 9.17) is 14.2 Å². The number of hydrogen-bond acceptors (Lipinski definition) is 6. The first-order valence-electron chi connectivity index (χ1n) is 28.8. The maximum absolute atomic E-state index is 12.9. The molecule has 0 aromatic carbocycles. The first-order valence-corrected chi connectivity index (χ1v) is 28.8. The number of allylic oxidation sites excluding steroid dienone is 16. The van der Waals surface area contributed by atoms with E-state index in [1.807, 2.05) is 18.2 Å². The molecule has 0 saturated heterocycles. The molecule has 1 unspecified atom stereocenters. The van der Waals surface area contributed by atoms with Crippen LogP contribution < -0.4 is 0 Å². The van der Waals surface area contributed by atoms with Crippen molar-refractivity contribution >= 4 is 17.9 Å². The summed E-state index contributed by atoms with van der Waals surface area (Å²) in [5, 5.41) is 0. The molecule has 0 aromatic heterocycles. The highest BCUT2D eigenvalue weighted by Crippen LogP contribution is 2.14. The summed E-state index contributed by atoms with van der Waals surface area (Å²) in [5.74, 6) is -0.950.